The Labute approximate surface area is 236 Å². The minimum Gasteiger partial charge on any atom is -0.460 e. The molecule has 2 aromatic heterocycles. The molecule has 0 saturated carbocycles. The number of aromatic nitrogens is 1. The molecule has 0 aliphatic heterocycles. The van der Waals surface area contributed by atoms with Crippen LogP contribution in [-0.2, 0) is 6.42 Å². The third kappa shape index (κ3) is 5.85. The largest absolute Gasteiger partial charge is 0.460 e. The maximum Gasteiger partial charge on any atom is 0.252 e. The van der Waals surface area contributed by atoms with Crippen LogP contribution in [0.5, 0.6) is 0 Å². The number of primary amides is 1. The number of pyridine rings is 1. The molecule has 7 nitrogen and oxygen atoms in total. The second-order valence-corrected chi connectivity index (χ2v) is 10.2. The number of rotatable bonds is 8. The average molecular weight is 547 g/mol. The van der Waals surface area contributed by atoms with Crippen molar-refractivity contribution >= 4 is 22.8 Å². The lowest BCUT2D eigenvalue weighted by atomic mass is 9.93. The molecule has 204 valence electrons. The summed E-state index contributed by atoms with van der Waals surface area (Å²) < 4.78 is 19.4. The second-order valence-electron chi connectivity index (χ2n) is 10.2. The molecule has 0 radical (unpaired) electrons. The van der Waals surface area contributed by atoms with Crippen LogP contribution in [0.3, 0.4) is 0 Å². The number of benzene rings is 3. The van der Waals surface area contributed by atoms with E-state index in [1.807, 2.05) is 38.1 Å². The molecule has 0 fully saturated rings. The Bertz CT molecular complexity index is 1820. The summed E-state index contributed by atoms with van der Waals surface area (Å²) in [6.45, 7) is 4.52. The SMILES string of the molecule is CC(C)CNC(=O)c1cc(-c2ccc3oc(Cc4ccc(F)cc4)c(C(N)=O)c3c2)ccc1-c1cncc(C#N)c1. The van der Waals surface area contributed by atoms with Gasteiger partial charge in [0, 0.05) is 41.9 Å². The van der Waals surface area contributed by atoms with Crippen molar-refractivity contribution in [3.8, 4) is 28.3 Å². The van der Waals surface area contributed by atoms with Gasteiger partial charge >= 0.3 is 0 Å². The summed E-state index contributed by atoms with van der Waals surface area (Å²) in [5, 5.41) is 12.9. The molecule has 3 aromatic carbocycles. The van der Waals surface area contributed by atoms with Crippen molar-refractivity contribution in [2.45, 2.75) is 20.3 Å². The van der Waals surface area contributed by atoms with Gasteiger partial charge in [-0.2, -0.15) is 5.26 Å². The first-order chi connectivity index (χ1) is 19.7. The van der Waals surface area contributed by atoms with Crippen LogP contribution >= 0.6 is 0 Å². The van der Waals surface area contributed by atoms with Gasteiger partial charge in [0.05, 0.1) is 11.1 Å². The standard InChI is InChI=1S/C33H27FN4O3/c1-19(2)16-38-33(40)27-13-22(5-9-26(27)24-11-21(15-35)17-37-18-24)23-6-10-29-28(14-23)31(32(36)39)30(41-29)12-20-3-7-25(34)8-4-20/h3-11,13-14,17-19H,12,16H2,1-2H3,(H2,36,39)(H,38,40). The first-order valence-corrected chi connectivity index (χ1v) is 13.1. The second kappa shape index (κ2) is 11.4. The summed E-state index contributed by atoms with van der Waals surface area (Å²) in [7, 11) is 0. The van der Waals surface area contributed by atoms with Crippen molar-refractivity contribution in [1.82, 2.24) is 10.3 Å². The Morgan fingerprint density at radius 2 is 1.73 bits per heavy atom. The summed E-state index contributed by atoms with van der Waals surface area (Å²) in [6.07, 6.45) is 3.36. The van der Waals surface area contributed by atoms with Gasteiger partial charge in [-0.15, -0.1) is 0 Å². The number of nitrogens with zero attached hydrogens (tertiary/aromatic N) is 2. The van der Waals surface area contributed by atoms with E-state index in [-0.39, 0.29) is 29.6 Å². The number of amides is 2. The number of carbonyl (C=O) groups excluding carboxylic acids is 2. The highest BCUT2D eigenvalue weighted by Crippen LogP contribution is 2.34. The van der Waals surface area contributed by atoms with Crippen LogP contribution in [0.25, 0.3) is 33.2 Å². The first kappa shape index (κ1) is 27.3. The van der Waals surface area contributed by atoms with Crippen LogP contribution < -0.4 is 11.1 Å². The van der Waals surface area contributed by atoms with E-state index in [2.05, 4.69) is 16.4 Å². The summed E-state index contributed by atoms with van der Waals surface area (Å²) >= 11 is 0. The predicted molar refractivity (Wildman–Crippen MR) is 154 cm³/mol. The summed E-state index contributed by atoms with van der Waals surface area (Å²) in [6, 6.07) is 20.7. The van der Waals surface area contributed by atoms with Gasteiger partial charge in [0.25, 0.3) is 11.8 Å². The Morgan fingerprint density at radius 3 is 2.44 bits per heavy atom. The van der Waals surface area contributed by atoms with Gasteiger partial charge in [-0.1, -0.05) is 44.2 Å². The number of carbonyl (C=O) groups is 2. The van der Waals surface area contributed by atoms with Gasteiger partial charge in [-0.25, -0.2) is 4.39 Å². The van der Waals surface area contributed by atoms with Crippen molar-refractivity contribution < 1.29 is 18.4 Å². The lowest BCUT2D eigenvalue weighted by Gasteiger charge is -2.14. The fraction of sp³-hybridized carbons (Fsp3) is 0.152. The van der Waals surface area contributed by atoms with E-state index in [0.717, 1.165) is 16.7 Å². The first-order valence-electron chi connectivity index (χ1n) is 13.1. The third-order valence-electron chi connectivity index (χ3n) is 6.73. The van der Waals surface area contributed by atoms with Gasteiger partial charge in [-0.05, 0) is 64.6 Å². The Hall–Kier alpha value is -5.29. The van der Waals surface area contributed by atoms with Crippen molar-refractivity contribution in [1.29, 1.82) is 5.26 Å². The van der Waals surface area contributed by atoms with Crippen LogP contribution in [0, 0.1) is 23.1 Å². The van der Waals surface area contributed by atoms with Gasteiger partial charge in [0.15, 0.2) is 0 Å². The Kier molecular flexibility index (Phi) is 7.61. The molecule has 5 aromatic rings. The fourth-order valence-corrected chi connectivity index (χ4v) is 4.71. The Balaban J connectivity index is 1.59. The molecule has 2 heterocycles. The highest BCUT2D eigenvalue weighted by atomic mass is 19.1. The van der Waals surface area contributed by atoms with Crippen LogP contribution in [0.15, 0.2) is 83.5 Å². The molecular weight excluding hydrogens is 519 g/mol. The molecule has 2 amide bonds. The molecular formula is C33H27FN4O3. The van der Waals surface area contributed by atoms with E-state index < -0.39 is 5.91 Å². The number of hydrogen-bond acceptors (Lipinski definition) is 5. The topological polar surface area (TPSA) is 122 Å². The zero-order chi connectivity index (χ0) is 29.1. The van der Waals surface area contributed by atoms with Gasteiger partial charge in [0.2, 0.25) is 0 Å². The molecule has 0 aliphatic rings. The number of nitrogens with one attached hydrogen (secondary N) is 1. The number of hydrogen-bond donors (Lipinski definition) is 2. The van der Waals surface area contributed by atoms with Crippen molar-refractivity contribution in [3.05, 3.63) is 113 Å². The van der Waals surface area contributed by atoms with E-state index >= 15 is 0 Å². The number of furan rings is 1. The highest BCUT2D eigenvalue weighted by Gasteiger charge is 2.21. The van der Waals surface area contributed by atoms with Crippen LogP contribution in [0.4, 0.5) is 4.39 Å². The van der Waals surface area contributed by atoms with E-state index in [4.69, 9.17) is 10.2 Å². The van der Waals surface area contributed by atoms with E-state index in [9.17, 15) is 19.2 Å². The van der Waals surface area contributed by atoms with Crippen LogP contribution in [0.1, 0.15) is 51.5 Å². The number of nitrogens with two attached hydrogens (primary N) is 1. The molecule has 0 spiro atoms. The molecule has 0 aliphatic carbocycles. The predicted octanol–water partition coefficient (Wildman–Crippen LogP) is 6.25. The normalized spacial score (nSPS) is 11.0. The van der Waals surface area contributed by atoms with E-state index in [1.54, 1.807) is 36.5 Å². The highest BCUT2D eigenvalue weighted by molar-refractivity contribution is 6.08. The Morgan fingerprint density at radius 1 is 1.00 bits per heavy atom. The maximum absolute atomic E-state index is 13.4. The average Bonchev–Trinajstić information content (AvgIpc) is 3.34. The van der Waals surface area contributed by atoms with Gasteiger partial charge < -0.3 is 15.5 Å². The lowest BCUT2D eigenvalue weighted by molar-refractivity contribution is 0.0948. The number of fused-ring (bicyclic) bond motifs is 1. The quantitative estimate of drug-likeness (QED) is 0.238. The van der Waals surface area contributed by atoms with Gasteiger partial charge in [-0.3, -0.25) is 14.6 Å². The fourth-order valence-electron chi connectivity index (χ4n) is 4.71. The lowest BCUT2D eigenvalue weighted by Crippen LogP contribution is -2.27. The molecule has 5 rings (SSSR count). The molecule has 3 N–H and O–H groups in total. The number of nitriles is 1. The smallest absolute Gasteiger partial charge is 0.252 e. The van der Waals surface area contributed by atoms with E-state index in [0.29, 0.717) is 45.5 Å². The molecule has 0 bridgehead atoms. The summed E-state index contributed by atoms with van der Waals surface area (Å²) in [5.74, 6) is -0.580. The summed E-state index contributed by atoms with van der Waals surface area (Å²) in [5.41, 5.74) is 10.9. The van der Waals surface area contributed by atoms with Crippen LogP contribution in [0.2, 0.25) is 0 Å². The number of halogens is 1. The third-order valence-corrected chi connectivity index (χ3v) is 6.73. The molecule has 0 unspecified atom stereocenters. The van der Waals surface area contributed by atoms with E-state index in [1.165, 1.54) is 18.3 Å². The molecule has 0 atom stereocenters. The van der Waals surface area contributed by atoms with Crippen LogP contribution in [-0.4, -0.2) is 23.3 Å². The van der Waals surface area contributed by atoms with Gasteiger partial charge in [0.1, 0.15) is 23.2 Å². The zero-order valence-corrected chi connectivity index (χ0v) is 22.6. The minimum atomic E-state index is -0.632. The maximum atomic E-state index is 13.4. The molecule has 0 saturated heterocycles. The van der Waals surface area contributed by atoms with Crippen molar-refractivity contribution in [2.24, 2.45) is 11.7 Å². The summed E-state index contributed by atoms with van der Waals surface area (Å²) in [4.78, 5) is 30.0. The molecule has 8 heteroatoms. The monoisotopic (exact) mass is 546 g/mol. The zero-order valence-electron chi connectivity index (χ0n) is 22.6. The van der Waals surface area contributed by atoms with Crippen molar-refractivity contribution in [3.63, 3.8) is 0 Å². The minimum absolute atomic E-state index is 0.248. The molecule has 41 heavy (non-hydrogen) atoms. The van der Waals surface area contributed by atoms with Crippen molar-refractivity contribution in [2.75, 3.05) is 6.54 Å².